The Morgan fingerprint density at radius 2 is 1.91 bits per heavy atom. The second kappa shape index (κ2) is 6.79. The van der Waals surface area contributed by atoms with E-state index >= 15 is 0 Å². The Kier molecular flexibility index (Phi) is 5.03. The van der Waals surface area contributed by atoms with Crippen LogP contribution in [0.4, 0.5) is 13.2 Å². The quantitative estimate of drug-likeness (QED) is 0.929. The Bertz CT molecular complexity index is 674. The largest absolute Gasteiger partial charge is 0.417 e. The molecule has 0 aliphatic heterocycles. The van der Waals surface area contributed by atoms with Gasteiger partial charge in [-0.3, -0.25) is 9.78 Å². The SMILES string of the molecule is O=C(NCCc1ncccc1Cl)c1ccccc1C(F)(F)F. The lowest BCUT2D eigenvalue weighted by atomic mass is 10.1. The third-order valence-electron chi connectivity index (χ3n) is 2.96. The molecule has 0 bridgehead atoms. The first-order valence-electron chi connectivity index (χ1n) is 6.43. The summed E-state index contributed by atoms with van der Waals surface area (Å²) in [6.45, 7) is 0.141. The number of pyridine rings is 1. The van der Waals surface area contributed by atoms with Crippen molar-refractivity contribution in [2.75, 3.05) is 6.54 Å². The van der Waals surface area contributed by atoms with Crippen molar-refractivity contribution in [3.8, 4) is 0 Å². The van der Waals surface area contributed by atoms with Crippen LogP contribution < -0.4 is 5.32 Å². The van der Waals surface area contributed by atoms with Gasteiger partial charge >= 0.3 is 6.18 Å². The predicted octanol–water partition coefficient (Wildman–Crippen LogP) is 3.73. The zero-order chi connectivity index (χ0) is 16.2. The minimum Gasteiger partial charge on any atom is -0.352 e. The highest BCUT2D eigenvalue weighted by Gasteiger charge is 2.34. The molecule has 0 radical (unpaired) electrons. The maximum atomic E-state index is 12.8. The average Bonchev–Trinajstić information content (AvgIpc) is 2.48. The fourth-order valence-electron chi connectivity index (χ4n) is 1.92. The number of aromatic nitrogens is 1. The molecule has 1 amide bonds. The molecule has 0 spiro atoms. The number of benzene rings is 1. The smallest absolute Gasteiger partial charge is 0.352 e. The van der Waals surface area contributed by atoms with Gasteiger partial charge in [0, 0.05) is 19.2 Å². The zero-order valence-electron chi connectivity index (χ0n) is 11.3. The van der Waals surface area contributed by atoms with Crippen LogP contribution >= 0.6 is 11.6 Å². The summed E-state index contributed by atoms with van der Waals surface area (Å²) in [5.41, 5.74) is -0.779. The second-order valence-corrected chi connectivity index (χ2v) is 4.89. The van der Waals surface area contributed by atoms with E-state index in [9.17, 15) is 18.0 Å². The van der Waals surface area contributed by atoms with Crippen LogP contribution in [0.5, 0.6) is 0 Å². The molecule has 0 aliphatic carbocycles. The van der Waals surface area contributed by atoms with Crippen LogP contribution in [0.25, 0.3) is 0 Å². The monoisotopic (exact) mass is 328 g/mol. The summed E-state index contributed by atoms with van der Waals surface area (Å²) in [6, 6.07) is 7.98. The second-order valence-electron chi connectivity index (χ2n) is 4.48. The number of nitrogens with zero attached hydrogens (tertiary/aromatic N) is 1. The van der Waals surface area contributed by atoms with E-state index in [0.29, 0.717) is 17.1 Å². The van der Waals surface area contributed by atoms with E-state index in [4.69, 9.17) is 11.6 Å². The van der Waals surface area contributed by atoms with Gasteiger partial charge in [-0.05, 0) is 24.3 Å². The lowest BCUT2D eigenvalue weighted by Crippen LogP contribution is -2.28. The number of nitrogens with one attached hydrogen (secondary N) is 1. The molecule has 22 heavy (non-hydrogen) atoms. The molecule has 1 N–H and O–H groups in total. The topological polar surface area (TPSA) is 42.0 Å². The van der Waals surface area contributed by atoms with Crippen LogP contribution in [0.3, 0.4) is 0 Å². The molecule has 116 valence electrons. The molecule has 0 saturated heterocycles. The van der Waals surface area contributed by atoms with Gasteiger partial charge < -0.3 is 5.32 Å². The van der Waals surface area contributed by atoms with Gasteiger partial charge in [0.2, 0.25) is 0 Å². The van der Waals surface area contributed by atoms with E-state index in [2.05, 4.69) is 10.3 Å². The molecule has 1 aromatic carbocycles. The highest BCUT2D eigenvalue weighted by atomic mass is 35.5. The maximum absolute atomic E-state index is 12.8. The highest BCUT2D eigenvalue weighted by molar-refractivity contribution is 6.31. The fraction of sp³-hybridized carbons (Fsp3) is 0.200. The molecule has 7 heteroatoms. The van der Waals surface area contributed by atoms with Crippen LogP contribution in [0.2, 0.25) is 5.02 Å². The Balaban J connectivity index is 2.03. The van der Waals surface area contributed by atoms with Gasteiger partial charge in [-0.15, -0.1) is 0 Å². The molecule has 2 aromatic rings. The fourth-order valence-corrected chi connectivity index (χ4v) is 2.14. The summed E-state index contributed by atoms with van der Waals surface area (Å²) in [5, 5.41) is 2.90. The molecule has 2 rings (SSSR count). The molecule has 0 unspecified atom stereocenters. The maximum Gasteiger partial charge on any atom is 0.417 e. The molecule has 0 aliphatic rings. The molecule has 1 aromatic heterocycles. The molecule has 0 atom stereocenters. The molecule has 0 saturated carbocycles. The first-order valence-corrected chi connectivity index (χ1v) is 6.81. The lowest BCUT2D eigenvalue weighted by Gasteiger charge is -2.12. The van der Waals surface area contributed by atoms with E-state index in [-0.39, 0.29) is 6.54 Å². The number of alkyl halides is 3. The number of hydrogen-bond acceptors (Lipinski definition) is 2. The van der Waals surface area contributed by atoms with Crippen molar-refractivity contribution >= 4 is 17.5 Å². The summed E-state index contributed by atoms with van der Waals surface area (Å²) < 4.78 is 38.5. The molecular formula is C15H12ClF3N2O. The van der Waals surface area contributed by atoms with E-state index in [0.717, 1.165) is 12.1 Å². The van der Waals surface area contributed by atoms with Crippen molar-refractivity contribution in [3.05, 3.63) is 64.4 Å². The lowest BCUT2D eigenvalue weighted by molar-refractivity contribution is -0.137. The summed E-state index contributed by atoms with van der Waals surface area (Å²) >= 11 is 5.92. The number of carbonyl (C=O) groups excluding carboxylic acids is 1. The van der Waals surface area contributed by atoms with E-state index < -0.39 is 23.2 Å². The van der Waals surface area contributed by atoms with Gasteiger partial charge in [-0.25, -0.2) is 0 Å². The Hall–Kier alpha value is -2.08. The standard InChI is InChI=1S/C15H12ClF3N2O/c16-12-6-3-8-20-13(12)7-9-21-14(22)10-4-1-2-5-11(10)15(17,18)19/h1-6,8H,7,9H2,(H,21,22). The van der Waals surface area contributed by atoms with E-state index in [1.165, 1.54) is 12.1 Å². The number of halogens is 4. The van der Waals surface area contributed by atoms with Gasteiger partial charge in [0.15, 0.2) is 0 Å². The van der Waals surface area contributed by atoms with Crippen molar-refractivity contribution < 1.29 is 18.0 Å². The third kappa shape index (κ3) is 3.98. The Morgan fingerprint density at radius 1 is 1.18 bits per heavy atom. The number of rotatable bonds is 4. The zero-order valence-corrected chi connectivity index (χ0v) is 12.1. The first kappa shape index (κ1) is 16.3. The van der Waals surface area contributed by atoms with Crippen LogP contribution in [-0.4, -0.2) is 17.4 Å². The van der Waals surface area contributed by atoms with Gasteiger partial charge in [-0.1, -0.05) is 23.7 Å². The van der Waals surface area contributed by atoms with Crippen LogP contribution in [-0.2, 0) is 12.6 Å². The van der Waals surface area contributed by atoms with Gasteiger partial charge in [0.25, 0.3) is 5.91 Å². The highest BCUT2D eigenvalue weighted by Crippen LogP contribution is 2.31. The Morgan fingerprint density at radius 3 is 2.59 bits per heavy atom. The van der Waals surface area contributed by atoms with E-state index in [1.54, 1.807) is 18.3 Å². The van der Waals surface area contributed by atoms with Crippen LogP contribution in [0.15, 0.2) is 42.6 Å². The summed E-state index contributed by atoms with van der Waals surface area (Å²) in [4.78, 5) is 16.0. The van der Waals surface area contributed by atoms with Crippen LogP contribution in [0, 0.1) is 0 Å². The third-order valence-corrected chi connectivity index (χ3v) is 3.30. The molecule has 0 fully saturated rings. The first-order chi connectivity index (χ1) is 10.4. The number of carbonyl (C=O) groups is 1. The number of amides is 1. The van der Waals surface area contributed by atoms with E-state index in [1.807, 2.05) is 0 Å². The summed E-state index contributed by atoms with van der Waals surface area (Å²) in [7, 11) is 0. The van der Waals surface area contributed by atoms with Gasteiger partial charge in [0.05, 0.1) is 21.8 Å². The van der Waals surface area contributed by atoms with Crippen molar-refractivity contribution in [1.29, 1.82) is 0 Å². The summed E-state index contributed by atoms with van der Waals surface area (Å²) in [6.07, 6.45) is -2.68. The molecule has 3 nitrogen and oxygen atoms in total. The molecular weight excluding hydrogens is 317 g/mol. The van der Waals surface area contributed by atoms with Crippen molar-refractivity contribution in [3.63, 3.8) is 0 Å². The van der Waals surface area contributed by atoms with Crippen molar-refractivity contribution in [2.45, 2.75) is 12.6 Å². The normalized spacial score (nSPS) is 11.3. The molecule has 1 heterocycles. The summed E-state index contributed by atoms with van der Waals surface area (Å²) in [5.74, 6) is -0.778. The predicted molar refractivity (Wildman–Crippen MR) is 76.7 cm³/mol. The van der Waals surface area contributed by atoms with Crippen LogP contribution in [0.1, 0.15) is 21.6 Å². The Labute approximate surface area is 130 Å². The number of hydrogen-bond donors (Lipinski definition) is 1. The van der Waals surface area contributed by atoms with Gasteiger partial charge in [-0.2, -0.15) is 13.2 Å². The minimum absolute atomic E-state index is 0.141. The minimum atomic E-state index is -4.57. The average molecular weight is 329 g/mol. The van der Waals surface area contributed by atoms with Gasteiger partial charge in [0.1, 0.15) is 0 Å². The van der Waals surface area contributed by atoms with Crippen molar-refractivity contribution in [2.24, 2.45) is 0 Å². The van der Waals surface area contributed by atoms with Crippen molar-refractivity contribution in [1.82, 2.24) is 10.3 Å².